The first-order valence-corrected chi connectivity index (χ1v) is 10.4. The van der Waals surface area contributed by atoms with Gasteiger partial charge in [0.05, 0.1) is 12.3 Å². The van der Waals surface area contributed by atoms with E-state index in [0.29, 0.717) is 6.54 Å². The Morgan fingerprint density at radius 3 is 1.71 bits per heavy atom. The van der Waals surface area contributed by atoms with Crippen molar-refractivity contribution in [3.8, 4) is 0 Å². The molecule has 0 fully saturated rings. The minimum Gasteiger partial charge on any atom is -0.481 e. The molecular formula is C21H43B2NO4. The summed E-state index contributed by atoms with van der Waals surface area (Å²) in [6, 6.07) is 0. The molecule has 5 nitrogen and oxygen atoms in total. The van der Waals surface area contributed by atoms with Crippen molar-refractivity contribution in [3.63, 3.8) is 0 Å². The second kappa shape index (κ2) is 9.69. The van der Waals surface area contributed by atoms with Crippen LogP contribution in [0.1, 0.15) is 61.3 Å². The third-order valence-electron chi connectivity index (χ3n) is 6.35. The number of carboxylic acid groups (broad SMARTS) is 2. The Morgan fingerprint density at radius 1 is 0.929 bits per heavy atom. The van der Waals surface area contributed by atoms with E-state index in [1.54, 1.807) is 0 Å². The van der Waals surface area contributed by atoms with Gasteiger partial charge in [-0.3, -0.25) is 9.59 Å². The van der Waals surface area contributed by atoms with Crippen molar-refractivity contribution in [1.29, 1.82) is 0 Å². The fourth-order valence-electron chi connectivity index (χ4n) is 5.65. The van der Waals surface area contributed by atoms with Gasteiger partial charge in [-0.15, -0.1) is 0 Å². The van der Waals surface area contributed by atoms with Crippen LogP contribution in [0.3, 0.4) is 0 Å². The number of hydrogen-bond donors (Lipinski definition) is 2. The second-order valence-electron chi connectivity index (χ2n) is 11.7. The van der Waals surface area contributed by atoms with E-state index in [9.17, 15) is 19.8 Å². The smallest absolute Gasteiger partial charge is 0.307 e. The van der Waals surface area contributed by atoms with Crippen LogP contribution < -0.4 is 0 Å². The first-order chi connectivity index (χ1) is 12.3. The average molecular weight is 395 g/mol. The Kier molecular flexibility index (Phi) is 9.35. The van der Waals surface area contributed by atoms with Gasteiger partial charge in [-0.25, -0.2) is 0 Å². The van der Waals surface area contributed by atoms with Crippen LogP contribution in [0.2, 0.25) is 11.6 Å². The van der Waals surface area contributed by atoms with E-state index in [4.69, 9.17) is 0 Å². The Balaban J connectivity index is 6.15. The Morgan fingerprint density at radius 2 is 1.39 bits per heavy atom. The predicted octanol–water partition coefficient (Wildman–Crippen LogP) is 2.67. The zero-order valence-electron chi connectivity index (χ0n) is 20.1. The monoisotopic (exact) mass is 395 g/mol. The molecule has 0 aromatic heterocycles. The number of nitrogens with zero attached hydrogens (tertiary/aromatic N) is 1. The number of carbonyl (C=O) groups is 2. The van der Waals surface area contributed by atoms with Crippen LogP contribution in [0, 0.1) is 28.1 Å². The highest BCUT2D eigenvalue weighted by Gasteiger charge is 2.47. The first kappa shape index (κ1) is 27.0. The molecule has 0 radical (unpaired) electrons. The van der Waals surface area contributed by atoms with Crippen molar-refractivity contribution in [3.05, 3.63) is 0 Å². The molecular weight excluding hydrogens is 352 g/mol. The van der Waals surface area contributed by atoms with Gasteiger partial charge in [0.1, 0.15) is 15.7 Å². The molecule has 4 atom stereocenters. The fraction of sp³-hybridized carbons (Fsp3) is 0.905. The molecule has 28 heavy (non-hydrogen) atoms. The third kappa shape index (κ3) is 8.18. The number of hydrogen-bond acceptors (Lipinski definition) is 3. The molecule has 0 aromatic carbocycles. The SMILES string of the molecule is BC(C(B)C(C)(C)CC(C)(C)C)C(C(CC(=O)O)C(=O)O)C(C)(C)CN(C)C. The Hall–Kier alpha value is -0.970. The summed E-state index contributed by atoms with van der Waals surface area (Å²) in [6.07, 6.45) is 0.677. The lowest BCUT2D eigenvalue weighted by atomic mass is 9.46. The summed E-state index contributed by atoms with van der Waals surface area (Å²) in [7, 11) is 8.27. The molecule has 0 bridgehead atoms. The Bertz CT molecular complexity index is 541. The predicted molar refractivity (Wildman–Crippen MR) is 122 cm³/mol. The van der Waals surface area contributed by atoms with E-state index in [1.807, 2.05) is 14.1 Å². The third-order valence-corrected chi connectivity index (χ3v) is 6.35. The van der Waals surface area contributed by atoms with Crippen molar-refractivity contribution < 1.29 is 19.8 Å². The molecule has 0 heterocycles. The van der Waals surface area contributed by atoms with Gasteiger partial charge in [0.15, 0.2) is 0 Å². The van der Waals surface area contributed by atoms with Crippen LogP contribution in [0.25, 0.3) is 0 Å². The van der Waals surface area contributed by atoms with Crippen molar-refractivity contribution in [2.45, 2.75) is 72.9 Å². The lowest BCUT2D eigenvalue weighted by molar-refractivity contribution is -0.152. The van der Waals surface area contributed by atoms with Crippen LogP contribution in [-0.2, 0) is 9.59 Å². The maximum Gasteiger partial charge on any atom is 0.307 e. The number of aliphatic carboxylic acids is 2. The van der Waals surface area contributed by atoms with Gasteiger partial charge in [-0.1, -0.05) is 60.1 Å². The van der Waals surface area contributed by atoms with E-state index >= 15 is 0 Å². The summed E-state index contributed by atoms with van der Waals surface area (Å²) in [5.41, 5.74) is -0.163. The van der Waals surface area contributed by atoms with E-state index in [2.05, 4.69) is 69.1 Å². The number of rotatable bonds is 11. The zero-order chi connectivity index (χ0) is 22.7. The van der Waals surface area contributed by atoms with Crippen molar-refractivity contribution in [2.24, 2.45) is 28.1 Å². The molecule has 0 saturated carbocycles. The van der Waals surface area contributed by atoms with Gasteiger partial charge in [-0.05, 0) is 42.7 Å². The highest BCUT2D eigenvalue weighted by Crippen LogP contribution is 2.53. The first-order valence-electron chi connectivity index (χ1n) is 10.4. The van der Waals surface area contributed by atoms with E-state index < -0.39 is 17.9 Å². The van der Waals surface area contributed by atoms with Crippen LogP contribution in [0.5, 0.6) is 0 Å². The minimum atomic E-state index is -1.05. The summed E-state index contributed by atoms with van der Waals surface area (Å²) >= 11 is 0. The molecule has 0 aliphatic heterocycles. The lowest BCUT2D eigenvalue weighted by Crippen LogP contribution is -2.46. The molecule has 0 aliphatic rings. The molecule has 0 aliphatic carbocycles. The molecule has 0 aromatic rings. The summed E-state index contributed by atoms with van der Waals surface area (Å²) in [6.45, 7) is 16.0. The van der Waals surface area contributed by atoms with E-state index in [-0.39, 0.29) is 40.2 Å². The maximum atomic E-state index is 12.1. The van der Waals surface area contributed by atoms with Crippen LogP contribution in [-0.4, -0.2) is 63.4 Å². The highest BCUT2D eigenvalue weighted by molar-refractivity contribution is 6.22. The minimum absolute atomic E-state index is 0.0103. The fourth-order valence-corrected chi connectivity index (χ4v) is 5.65. The van der Waals surface area contributed by atoms with E-state index in [0.717, 1.165) is 6.42 Å². The number of carboxylic acids is 2. The summed E-state index contributed by atoms with van der Waals surface area (Å²) in [5.74, 6) is -2.91. The van der Waals surface area contributed by atoms with Gasteiger partial charge < -0.3 is 15.1 Å². The van der Waals surface area contributed by atoms with E-state index in [1.165, 1.54) is 0 Å². The highest BCUT2D eigenvalue weighted by atomic mass is 16.4. The summed E-state index contributed by atoms with van der Waals surface area (Å²) in [4.78, 5) is 25.7. The molecule has 0 saturated heterocycles. The molecule has 0 spiro atoms. The average Bonchev–Trinajstić information content (AvgIpc) is 2.40. The lowest BCUT2D eigenvalue weighted by Gasteiger charge is -2.49. The second-order valence-corrected chi connectivity index (χ2v) is 11.7. The zero-order valence-corrected chi connectivity index (χ0v) is 20.1. The molecule has 0 amide bonds. The molecule has 4 unspecified atom stereocenters. The topological polar surface area (TPSA) is 77.8 Å². The molecule has 7 heteroatoms. The summed E-state index contributed by atoms with van der Waals surface area (Å²) in [5, 5.41) is 19.3. The largest absolute Gasteiger partial charge is 0.481 e. The molecule has 162 valence electrons. The quantitative estimate of drug-likeness (QED) is 0.526. The van der Waals surface area contributed by atoms with Crippen LogP contribution >= 0.6 is 0 Å². The van der Waals surface area contributed by atoms with Crippen molar-refractivity contribution in [2.75, 3.05) is 20.6 Å². The molecule has 2 N–H and O–H groups in total. The summed E-state index contributed by atoms with van der Waals surface area (Å²) < 4.78 is 0. The molecule has 0 rings (SSSR count). The van der Waals surface area contributed by atoms with Crippen LogP contribution in [0.15, 0.2) is 0 Å². The Labute approximate surface area is 174 Å². The van der Waals surface area contributed by atoms with Gasteiger partial charge in [0, 0.05) is 6.54 Å². The normalized spacial score (nSPS) is 17.8. The standard InChI is InChI=1S/C21H43B2NO4/c1-19(2,3)11-20(4,5)17(23)16(22)15(21(6,7)12-24(8)9)13(18(27)28)10-14(25)26/h13,15-17H,10-12,22-23H2,1-9H3,(H,25,26)(H,27,28). The van der Waals surface area contributed by atoms with Crippen LogP contribution in [0.4, 0.5) is 0 Å². The van der Waals surface area contributed by atoms with Gasteiger partial charge in [0.2, 0.25) is 0 Å². The van der Waals surface area contributed by atoms with Crippen molar-refractivity contribution in [1.82, 2.24) is 4.90 Å². The van der Waals surface area contributed by atoms with Gasteiger partial charge in [-0.2, -0.15) is 0 Å². The maximum absolute atomic E-state index is 12.1. The van der Waals surface area contributed by atoms with Crippen molar-refractivity contribution >= 4 is 27.6 Å². The van der Waals surface area contributed by atoms with Gasteiger partial charge >= 0.3 is 11.9 Å². The van der Waals surface area contributed by atoms with Gasteiger partial charge in [0.25, 0.3) is 0 Å².